The Kier molecular flexibility index (Phi) is 3.82. The number of hydrogen-bond acceptors (Lipinski definition) is 3. The molecule has 4 heteroatoms. The molecule has 1 saturated carbocycles. The molecule has 2 atom stereocenters. The van der Waals surface area contributed by atoms with E-state index in [1.807, 2.05) is 0 Å². The van der Waals surface area contributed by atoms with Crippen LogP contribution in [0.15, 0.2) is 0 Å². The van der Waals surface area contributed by atoms with Gasteiger partial charge in [0.2, 0.25) is 5.91 Å². The maximum atomic E-state index is 11.9. The van der Waals surface area contributed by atoms with Gasteiger partial charge in [0.1, 0.15) is 0 Å². The lowest BCUT2D eigenvalue weighted by molar-refractivity contribution is -0.123. The molecule has 1 aliphatic heterocycles. The summed E-state index contributed by atoms with van der Waals surface area (Å²) in [6, 6.07) is 0.164. The van der Waals surface area contributed by atoms with Crippen LogP contribution in [0.5, 0.6) is 0 Å². The third-order valence-corrected chi connectivity index (χ3v) is 3.79. The number of aliphatic hydroxyl groups is 1. The molecule has 92 valence electrons. The van der Waals surface area contributed by atoms with Crippen LogP contribution in [0, 0.1) is 5.92 Å². The van der Waals surface area contributed by atoms with E-state index in [0.717, 1.165) is 18.8 Å². The van der Waals surface area contributed by atoms with E-state index in [4.69, 9.17) is 0 Å². The maximum Gasteiger partial charge on any atom is 0.237 e. The van der Waals surface area contributed by atoms with Crippen LogP contribution < -0.4 is 10.6 Å². The SMILES string of the molecule is CC1CCC(NC(=O)[C@@H]2C[C@@H](O)CN2)CC1. The van der Waals surface area contributed by atoms with Gasteiger partial charge in [-0.3, -0.25) is 4.79 Å². The first-order valence-electron chi connectivity index (χ1n) is 6.37. The van der Waals surface area contributed by atoms with Crippen LogP contribution in [-0.2, 0) is 4.79 Å². The van der Waals surface area contributed by atoms with Gasteiger partial charge in [-0.15, -0.1) is 0 Å². The molecule has 0 aromatic rings. The first kappa shape index (κ1) is 11.9. The molecule has 0 aromatic heterocycles. The van der Waals surface area contributed by atoms with Gasteiger partial charge in [0.15, 0.2) is 0 Å². The van der Waals surface area contributed by atoms with Crippen LogP contribution in [0.2, 0.25) is 0 Å². The van der Waals surface area contributed by atoms with Crippen molar-refractivity contribution in [3.63, 3.8) is 0 Å². The average molecular weight is 226 g/mol. The number of carbonyl (C=O) groups is 1. The number of nitrogens with one attached hydrogen (secondary N) is 2. The molecule has 2 aliphatic rings. The van der Waals surface area contributed by atoms with Crippen LogP contribution in [0.25, 0.3) is 0 Å². The molecule has 0 unspecified atom stereocenters. The fraction of sp³-hybridized carbons (Fsp3) is 0.917. The molecule has 0 bridgehead atoms. The summed E-state index contributed by atoms with van der Waals surface area (Å²) in [5.41, 5.74) is 0. The highest BCUT2D eigenvalue weighted by Crippen LogP contribution is 2.23. The summed E-state index contributed by atoms with van der Waals surface area (Å²) in [7, 11) is 0. The Balaban J connectivity index is 1.75. The summed E-state index contributed by atoms with van der Waals surface area (Å²) in [5.74, 6) is 0.871. The van der Waals surface area contributed by atoms with Crippen molar-refractivity contribution < 1.29 is 9.90 Å². The minimum Gasteiger partial charge on any atom is -0.392 e. The molecule has 1 heterocycles. The molecule has 1 aliphatic carbocycles. The van der Waals surface area contributed by atoms with Gasteiger partial charge in [0, 0.05) is 12.6 Å². The topological polar surface area (TPSA) is 61.4 Å². The first-order valence-corrected chi connectivity index (χ1v) is 6.37. The van der Waals surface area contributed by atoms with Crippen molar-refractivity contribution in [2.75, 3.05) is 6.54 Å². The Hall–Kier alpha value is -0.610. The quantitative estimate of drug-likeness (QED) is 0.639. The lowest BCUT2D eigenvalue weighted by atomic mass is 9.87. The zero-order chi connectivity index (χ0) is 11.5. The normalized spacial score (nSPS) is 39.6. The predicted molar refractivity (Wildman–Crippen MR) is 62.0 cm³/mol. The molecule has 0 spiro atoms. The Morgan fingerprint density at radius 1 is 1.31 bits per heavy atom. The Bertz CT molecular complexity index is 249. The molecule has 1 amide bonds. The van der Waals surface area contributed by atoms with Gasteiger partial charge < -0.3 is 15.7 Å². The Morgan fingerprint density at radius 2 is 2.00 bits per heavy atom. The fourth-order valence-electron chi connectivity index (χ4n) is 2.62. The predicted octanol–water partition coefficient (Wildman–Crippen LogP) is 0.404. The number of β-amino-alcohol motifs (C(OH)–C–C–N with tert-alkyl or cyclic N) is 1. The number of carbonyl (C=O) groups excluding carboxylic acids is 1. The Morgan fingerprint density at radius 3 is 2.56 bits per heavy atom. The second-order valence-electron chi connectivity index (χ2n) is 5.32. The minimum absolute atomic E-state index is 0.0658. The van der Waals surface area contributed by atoms with E-state index >= 15 is 0 Å². The maximum absolute atomic E-state index is 11.9. The molecule has 3 N–H and O–H groups in total. The van der Waals surface area contributed by atoms with E-state index < -0.39 is 0 Å². The summed E-state index contributed by atoms with van der Waals surface area (Å²) in [5, 5.41) is 15.5. The van der Waals surface area contributed by atoms with Crippen LogP contribution >= 0.6 is 0 Å². The highest BCUT2D eigenvalue weighted by molar-refractivity contribution is 5.82. The van der Waals surface area contributed by atoms with Crippen LogP contribution in [0.4, 0.5) is 0 Å². The van der Waals surface area contributed by atoms with Crippen molar-refractivity contribution in [1.29, 1.82) is 0 Å². The Labute approximate surface area is 96.8 Å². The zero-order valence-electron chi connectivity index (χ0n) is 9.91. The highest BCUT2D eigenvalue weighted by atomic mass is 16.3. The van der Waals surface area contributed by atoms with Gasteiger partial charge in [0.05, 0.1) is 12.1 Å². The largest absolute Gasteiger partial charge is 0.392 e. The van der Waals surface area contributed by atoms with E-state index in [0.29, 0.717) is 19.0 Å². The summed E-state index contributed by atoms with van der Waals surface area (Å²) < 4.78 is 0. The lowest BCUT2D eigenvalue weighted by Gasteiger charge is -2.27. The van der Waals surface area contributed by atoms with Gasteiger partial charge >= 0.3 is 0 Å². The van der Waals surface area contributed by atoms with Crippen molar-refractivity contribution in [1.82, 2.24) is 10.6 Å². The number of aliphatic hydroxyl groups excluding tert-OH is 1. The van der Waals surface area contributed by atoms with Gasteiger partial charge in [-0.25, -0.2) is 0 Å². The van der Waals surface area contributed by atoms with Crippen molar-refractivity contribution in [3.8, 4) is 0 Å². The molecule has 0 radical (unpaired) electrons. The summed E-state index contributed by atoms with van der Waals surface area (Å²) in [6.07, 6.45) is 4.82. The molecule has 2 fully saturated rings. The van der Waals surface area contributed by atoms with Crippen molar-refractivity contribution >= 4 is 5.91 Å². The van der Waals surface area contributed by atoms with E-state index in [1.54, 1.807) is 0 Å². The van der Waals surface area contributed by atoms with Crippen LogP contribution in [0.3, 0.4) is 0 Å². The van der Waals surface area contributed by atoms with Crippen LogP contribution in [-0.4, -0.2) is 35.7 Å². The monoisotopic (exact) mass is 226 g/mol. The van der Waals surface area contributed by atoms with Crippen molar-refractivity contribution in [2.45, 2.75) is 57.2 Å². The molecule has 4 nitrogen and oxygen atoms in total. The summed E-state index contributed by atoms with van der Waals surface area (Å²) in [6.45, 7) is 2.81. The van der Waals surface area contributed by atoms with Crippen LogP contribution in [0.1, 0.15) is 39.0 Å². The number of rotatable bonds is 2. The third kappa shape index (κ3) is 2.95. The molecular weight excluding hydrogens is 204 g/mol. The lowest BCUT2D eigenvalue weighted by Crippen LogP contribution is -2.46. The zero-order valence-corrected chi connectivity index (χ0v) is 9.91. The molecule has 1 saturated heterocycles. The smallest absolute Gasteiger partial charge is 0.237 e. The van der Waals surface area contributed by atoms with E-state index in [-0.39, 0.29) is 18.1 Å². The number of hydrogen-bond donors (Lipinski definition) is 3. The first-order chi connectivity index (χ1) is 7.65. The van der Waals surface area contributed by atoms with E-state index in [9.17, 15) is 9.90 Å². The molecule has 2 rings (SSSR count). The van der Waals surface area contributed by atoms with Crippen molar-refractivity contribution in [2.24, 2.45) is 5.92 Å². The number of amides is 1. The van der Waals surface area contributed by atoms with Crippen molar-refractivity contribution in [3.05, 3.63) is 0 Å². The van der Waals surface area contributed by atoms with E-state index in [1.165, 1.54) is 12.8 Å². The van der Waals surface area contributed by atoms with Gasteiger partial charge in [-0.05, 0) is 38.0 Å². The molecule has 16 heavy (non-hydrogen) atoms. The molecule has 0 aromatic carbocycles. The fourth-order valence-corrected chi connectivity index (χ4v) is 2.62. The minimum atomic E-state index is -0.359. The second-order valence-corrected chi connectivity index (χ2v) is 5.32. The van der Waals surface area contributed by atoms with Gasteiger partial charge in [0.25, 0.3) is 0 Å². The second kappa shape index (κ2) is 5.15. The highest BCUT2D eigenvalue weighted by Gasteiger charge is 2.29. The summed E-state index contributed by atoms with van der Waals surface area (Å²) in [4.78, 5) is 11.9. The summed E-state index contributed by atoms with van der Waals surface area (Å²) >= 11 is 0. The third-order valence-electron chi connectivity index (χ3n) is 3.79. The van der Waals surface area contributed by atoms with E-state index in [2.05, 4.69) is 17.6 Å². The van der Waals surface area contributed by atoms with Gasteiger partial charge in [-0.2, -0.15) is 0 Å². The molecular formula is C12H22N2O2. The van der Waals surface area contributed by atoms with Gasteiger partial charge in [-0.1, -0.05) is 6.92 Å². The average Bonchev–Trinajstić information content (AvgIpc) is 2.68. The standard InChI is InChI=1S/C12H22N2O2/c1-8-2-4-9(5-3-8)14-12(16)11-6-10(15)7-13-11/h8-11,13,15H,2-7H2,1H3,(H,14,16)/t8?,9?,10-,11+/m1/s1.